The zero-order valence-corrected chi connectivity index (χ0v) is 13.3. The fraction of sp³-hybridized carbons (Fsp3) is 0.0526. The molecule has 3 rings (SSSR count). The van der Waals surface area contributed by atoms with Crippen molar-refractivity contribution in [3.05, 3.63) is 83.9 Å². The molecular weight excluding hydrogens is 314 g/mol. The van der Waals surface area contributed by atoms with Gasteiger partial charge in [-0.25, -0.2) is 4.98 Å². The van der Waals surface area contributed by atoms with Crippen molar-refractivity contribution in [2.24, 2.45) is 0 Å². The van der Waals surface area contributed by atoms with Gasteiger partial charge in [0, 0.05) is 24.6 Å². The van der Waals surface area contributed by atoms with E-state index in [1.165, 1.54) is 0 Å². The summed E-state index contributed by atoms with van der Waals surface area (Å²) in [7, 11) is 0. The SMILES string of the molecule is N#Cc1cccc(Nc2ccc(C(=O)NCc3cccnc3)nc2)c1. The number of nitrogens with zero attached hydrogens (tertiary/aromatic N) is 3. The minimum Gasteiger partial charge on any atom is -0.354 e. The Kier molecular flexibility index (Phi) is 4.98. The summed E-state index contributed by atoms with van der Waals surface area (Å²) >= 11 is 0. The molecule has 6 nitrogen and oxygen atoms in total. The molecular formula is C19H15N5O. The van der Waals surface area contributed by atoms with E-state index < -0.39 is 0 Å². The molecule has 0 saturated heterocycles. The summed E-state index contributed by atoms with van der Waals surface area (Å²) in [6.45, 7) is 0.398. The van der Waals surface area contributed by atoms with Crippen molar-refractivity contribution in [3.63, 3.8) is 0 Å². The van der Waals surface area contributed by atoms with Crippen molar-refractivity contribution in [3.8, 4) is 6.07 Å². The van der Waals surface area contributed by atoms with E-state index in [1.807, 2.05) is 18.2 Å². The van der Waals surface area contributed by atoms with Gasteiger partial charge in [-0.1, -0.05) is 12.1 Å². The van der Waals surface area contributed by atoms with Crippen molar-refractivity contribution in [1.82, 2.24) is 15.3 Å². The van der Waals surface area contributed by atoms with Crippen molar-refractivity contribution < 1.29 is 4.79 Å². The van der Waals surface area contributed by atoms with E-state index in [0.717, 1.165) is 16.9 Å². The highest BCUT2D eigenvalue weighted by molar-refractivity contribution is 5.92. The number of carbonyl (C=O) groups is 1. The van der Waals surface area contributed by atoms with Gasteiger partial charge in [-0.3, -0.25) is 9.78 Å². The van der Waals surface area contributed by atoms with Gasteiger partial charge in [-0.2, -0.15) is 5.26 Å². The summed E-state index contributed by atoms with van der Waals surface area (Å²) < 4.78 is 0. The topological polar surface area (TPSA) is 90.7 Å². The molecule has 0 radical (unpaired) electrons. The predicted octanol–water partition coefficient (Wildman–Crippen LogP) is 3.02. The molecule has 0 saturated carbocycles. The van der Waals surface area contributed by atoms with Crippen LogP contribution in [0.5, 0.6) is 0 Å². The summed E-state index contributed by atoms with van der Waals surface area (Å²) in [5.41, 5.74) is 3.35. The number of amides is 1. The van der Waals surface area contributed by atoms with Crippen LogP contribution in [0.1, 0.15) is 21.6 Å². The molecule has 2 heterocycles. The molecule has 0 spiro atoms. The first-order valence-electron chi connectivity index (χ1n) is 7.65. The van der Waals surface area contributed by atoms with E-state index >= 15 is 0 Å². The van der Waals surface area contributed by atoms with Gasteiger partial charge in [-0.15, -0.1) is 0 Å². The second-order valence-electron chi connectivity index (χ2n) is 5.29. The standard InChI is InChI=1S/C19H15N5O/c20-10-14-3-1-5-16(9-14)24-17-6-7-18(22-13-17)19(25)23-12-15-4-2-8-21-11-15/h1-9,11,13,24H,12H2,(H,23,25). The lowest BCUT2D eigenvalue weighted by Crippen LogP contribution is -2.23. The van der Waals surface area contributed by atoms with Crippen LogP contribution in [0.4, 0.5) is 11.4 Å². The normalized spacial score (nSPS) is 9.88. The number of carbonyl (C=O) groups excluding carboxylic acids is 1. The Morgan fingerprint density at radius 1 is 1.08 bits per heavy atom. The molecule has 25 heavy (non-hydrogen) atoms. The summed E-state index contributed by atoms with van der Waals surface area (Å²) in [6.07, 6.45) is 4.97. The van der Waals surface area contributed by atoms with Crippen molar-refractivity contribution in [2.75, 3.05) is 5.32 Å². The van der Waals surface area contributed by atoms with Crippen molar-refractivity contribution in [2.45, 2.75) is 6.54 Å². The van der Waals surface area contributed by atoms with E-state index in [1.54, 1.807) is 48.9 Å². The third kappa shape index (κ3) is 4.39. The van der Waals surface area contributed by atoms with Crippen LogP contribution in [-0.2, 0) is 6.54 Å². The summed E-state index contributed by atoms with van der Waals surface area (Å²) in [4.78, 5) is 20.3. The van der Waals surface area contributed by atoms with E-state index in [2.05, 4.69) is 26.7 Å². The third-order valence-electron chi connectivity index (χ3n) is 3.45. The minimum absolute atomic E-state index is 0.248. The molecule has 1 amide bonds. The quantitative estimate of drug-likeness (QED) is 0.751. The smallest absolute Gasteiger partial charge is 0.270 e. The summed E-state index contributed by atoms with van der Waals surface area (Å²) in [5.74, 6) is -0.248. The van der Waals surface area contributed by atoms with Crippen LogP contribution in [0.2, 0.25) is 0 Å². The highest BCUT2D eigenvalue weighted by atomic mass is 16.1. The average Bonchev–Trinajstić information content (AvgIpc) is 2.67. The number of hydrogen-bond acceptors (Lipinski definition) is 5. The molecule has 1 aromatic carbocycles. The first-order valence-corrected chi connectivity index (χ1v) is 7.65. The Balaban J connectivity index is 1.61. The molecule has 2 aromatic heterocycles. The second-order valence-corrected chi connectivity index (χ2v) is 5.29. The predicted molar refractivity (Wildman–Crippen MR) is 94.1 cm³/mol. The zero-order valence-electron chi connectivity index (χ0n) is 13.3. The van der Waals surface area contributed by atoms with Crippen LogP contribution >= 0.6 is 0 Å². The molecule has 0 aliphatic rings. The number of pyridine rings is 2. The van der Waals surface area contributed by atoms with Crippen molar-refractivity contribution >= 4 is 17.3 Å². The maximum atomic E-state index is 12.1. The van der Waals surface area contributed by atoms with Crippen LogP contribution in [0, 0.1) is 11.3 Å². The monoisotopic (exact) mass is 329 g/mol. The Labute approximate surface area is 145 Å². The lowest BCUT2D eigenvalue weighted by Gasteiger charge is -2.08. The molecule has 0 aliphatic heterocycles. The van der Waals surface area contributed by atoms with Crippen LogP contribution in [-0.4, -0.2) is 15.9 Å². The first-order chi connectivity index (χ1) is 12.2. The molecule has 0 bridgehead atoms. The van der Waals surface area contributed by atoms with Crippen LogP contribution < -0.4 is 10.6 Å². The Morgan fingerprint density at radius 3 is 2.72 bits per heavy atom. The first kappa shape index (κ1) is 16.1. The van der Waals surface area contributed by atoms with Gasteiger partial charge in [0.05, 0.1) is 23.5 Å². The lowest BCUT2D eigenvalue weighted by atomic mass is 10.2. The number of rotatable bonds is 5. The molecule has 122 valence electrons. The molecule has 0 fully saturated rings. The van der Waals surface area contributed by atoms with Crippen LogP contribution in [0.3, 0.4) is 0 Å². The fourth-order valence-corrected chi connectivity index (χ4v) is 2.21. The molecule has 0 aliphatic carbocycles. The van der Waals surface area contributed by atoms with Gasteiger partial charge >= 0.3 is 0 Å². The fourth-order valence-electron chi connectivity index (χ4n) is 2.21. The highest BCUT2D eigenvalue weighted by Gasteiger charge is 2.07. The van der Waals surface area contributed by atoms with Gasteiger partial charge < -0.3 is 10.6 Å². The Bertz CT molecular complexity index is 901. The zero-order chi connectivity index (χ0) is 17.5. The van der Waals surface area contributed by atoms with Gasteiger partial charge in [0.15, 0.2) is 0 Å². The van der Waals surface area contributed by atoms with Gasteiger partial charge in [-0.05, 0) is 42.0 Å². The van der Waals surface area contributed by atoms with Crippen LogP contribution in [0.15, 0.2) is 67.1 Å². The maximum absolute atomic E-state index is 12.1. The van der Waals surface area contributed by atoms with E-state index in [0.29, 0.717) is 17.8 Å². The number of nitriles is 1. The van der Waals surface area contributed by atoms with E-state index in [-0.39, 0.29) is 5.91 Å². The molecule has 0 unspecified atom stereocenters. The minimum atomic E-state index is -0.248. The lowest BCUT2D eigenvalue weighted by molar-refractivity contribution is 0.0946. The number of benzene rings is 1. The second kappa shape index (κ2) is 7.70. The van der Waals surface area contributed by atoms with Gasteiger partial charge in [0.25, 0.3) is 5.91 Å². The Morgan fingerprint density at radius 2 is 2.00 bits per heavy atom. The summed E-state index contributed by atoms with van der Waals surface area (Å²) in [5, 5.41) is 14.9. The molecule has 3 aromatic rings. The van der Waals surface area contributed by atoms with Gasteiger partial charge in [0.2, 0.25) is 0 Å². The number of nitrogens with one attached hydrogen (secondary N) is 2. The largest absolute Gasteiger partial charge is 0.354 e. The number of hydrogen-bond donors (Lipinski definition) is 2. The number of aromatic nitrogens is 2. The maximum Gasteiger partial charge on any atom is 0.270 e. The van der Waals surface area contributed by atoms with E-state index in [9.17, 15) is 4.79 Å². The molecule has 0 atom stereocenters. The molecule has 2 N–H and O–H groups in total. The van der Waals surface area contributed by atoms with Gasteiger partial charge in [0.1, 0.15) is 5.69 Å². The highest BCUT2D eigenvalue weighted by Crippen LogP contribution is 2.17. The van der Waals surface area contributed by atoms with E-state index in [4.69, 9.17) is 5.26 Å². The van der Waals surface area contributed by atoms with Crippen molar-refractivity contribution in [1.29, 1.82) is 5.26 Å². The number of anilines is 2. The molecule has 6 heteroatoms. The summed E-state index contributed by atoms with van der Waals surface area (Å²) in [6, 6.07) is 16.4. The average molecular weight is 329 g/mol. The Hall–Kier alpha value is -3.72. The van der Waals surface area contributed by atoms with Crippen LogP contribution in [0.25, 0.3) is 0 Å². The third-order valence-corrected chi connectivity index (χ3v) is 3.45.